The average molecular weight is 399 g/mol. The predicted octanol–water partition coefficient (Wildman–Crippen LogP) is 4.59. The molecule has 0 bridgehead atoms. The fourth-order valence-electron chi connectivity index (χ4n) is 3.02. The Bertz CT molecular complexity index is 1110. The summed E-state index contributed by atoms with van der Waals surface area (Å²) in [6, 6.07) is 23.1. The topological polar surface area (TPSA) is 86.4 Å². The number of nitrogens with two attached hydrogens (primary N) is 1. The molecule has 0 spiro atoms. The number of anilines is 3. The molecule has 0 aliphatic rings. The van der Waals surface area contributed by atoms with Crippen LogP contribution in [0.1, 0.15) is 5.56 Å². The van der Waals surface area contributed by atoms with Crippen LogP contribution in [0.5, 0.6) is 17.4 Å². The van der Waals surface area contributed by atoms with Crippen molar-refractivity contribution >= 4 is 17.3 Å². The number of pyridine rings is 1. The highest BCUT2D eigenvalue weighted by Crippen LogP contribution is 2.37. The highest BCUT2D eigenvalue weighted by atomic mass is 16.5. The van der Waals surface area contributed by atoms with Crippen molar-refractivity contribution in [3.8, 4) is 17.4 Å². The van der Waals surface area contributed by atoms with Gasteiger partial charge in [-0.15, -0.1) is 0 Å². The largest absolute Gasteiger partial charge is 0.493 e. The summed E-state index contributed by atoms with van der Waals surface area (Å²) in [5.74, 6) is 2.58. The number of methoxy groups -OCH3 is 1. The van der Waals surface area contributed by atoms with Gasteiger partial charge in [-0.1, -0.05) is 48.5 Å². The first-order valence-corrected chi connectivity index (χ1v) is 9.40. The van der Waals surface area contributed by atoms with Gasteiger partial charge < -0.3 is 20.1 Å². The SMILES string of the molecule is COc1ccccc1Oc1ncnc(N(Cc2ccccc2)c2ccccn2)c1N. The van der Waals surface area contributed by atoms with Crippen LogP contribution in [0.2, 0.25) is 0 Å². The van der Waals surface area contributed by atoms with Gasteiger partial charge in [-0.05, 0) is 29.8 Å². The summed E-state index contributed by atoms with van der Waals surface area (Å²) in [4.78, 5) is 15.1. The van der Waals surface area contributed by atoms with E-state index >= 15 is 0 Å². The third-order valence-corrected chi connectivity index (χ3v) is 4.47. The van der Waals surface area contributed by atoms with Gasteiger partial charge in [0.05, 0.1) is 13.7 Å². The minimum absolute atomic E-state index is 0.249. The molecule has 0 amide bonds. The standard InChI is InChI=1S/C23H21N5O2/c1-29-18-11-5-6-12-19(18)30-23-21(24)22(26-16-27-23)28(20-13-7-8-14-25-20)15-17-9-3-2-4-10-17/h2-14,16H,15,24H2,1H3. The minimum Gasteiger partial charge on any atom is -0.493 e. The highest BCUT2D eigenvalue weighted by molar-refractivity contribution is 5.73. The quantitative estimate of drug-likeness (QED) is 0.486. The summed E-state index contributed by atoms with van der Waals surface area (Å²) in [6.45, 7) is 0.535. The van der Waals surface area contributed by atoms with Crippen molar-refractivity contribution in [3.63, 3.8) is 0 Å². The average Bonchev–Trinajstić information content (AvgIpc) is 2.81. The van der Waals surface area contributed by atoms with E-state index in [0.29, 0.717) is 29.5 Å². The smallest absolute Gasteiger partial charge is 0.248 e. The normalized spacial score (nSPS) is 10.4. The van der Waals surface area contributed by atoms with E-state index in [2.05, 4.69) is 15.0 Å². The van der Waals surface area contributed by atoms with E-state index in [1.807, 2.05) is 71.6 Å². The lowest BCUT2D eigenvalue weighted by molar-refractivity contribution is 0.374. The molecule has 0 saturated heterocycles. The lowest BCUT2D eigenvalue weighted by atomic mass is 10.2. The van der Waals surface area contributed by atoms with Crippen LogP contribution in [0.3, 0.4) is 0 Å². The summed E-state index contributed by atoms with van der Waals surface area (Å²) in [6.07, 6.45) is 3.16. The molecule has 150 valence electrons. The van der Waals surface area contributed by atoms with Crippen molar-refractivity contribution in [1.29, 1.82) is 0 Å². The fourth-order valence-corrected chi connectivity index (χ4v) is 3.02. The zero-order valence-electron chi connectivity index (χ0n) is 16.5. The van der Waals surface area contributed by atoms with Gasteiger partial charge in [-0.3, -0.25) is 0 Å². The number of ether oxygens (including phenoxy) is 2. The van der Waals surface area contributed by atoms with Gasteiger partial charge in [0.1, 0.15) is 17.8 Å². The van der Waals surface area contributed by atoms with Crippen LogP contribution >= 0.6 is 0 Å². The Balaban J connectivity index is 1.73. The number of benzene rings is 2. The Hall–Kier alpha value is -4.13. The van der Waals surface area contributed by atoms with Crippen molar-refractivity contribution < 1.29 is 9.47 Å². The third-order valence-electron chi connectivity index (χ3n) is 4.47. The second-order valence-corrected chi connectivity index (χ2v) is 6.43. The maximum atomic E-state index is 6.45. The van der Waals surface area contributed by atoms with Gasteiger partial charge in [0, 0.05) is 6.20 Å². The van der Waals surface area contributed by atoms with Crippen LogP contribution in [-0.4, -0.2) is 22.1 Å². The molecular formula is C23H21N5O2. The monoisotopic (exact) mass is 399 g/mol. The highest BCUT2D eigenvalue weighted by Gasteiger charge is 2.20. The second kappa shape index (κ2) is 8.91. The van der Waals surface area contributed by atoms with Gasteiger partial charge in [0.15, 0.2) is 17.3 Å². The summed E-state index contributed by atoms with van der Waals surface area (Å²) in [7, 11) is 1.58. The summed E-state index contributed by atoms with van der Waals surface area (Å²) < 4.78 is 11.3. The molecule has 2 aromatic carbocycles. The fraction of sp³-hybridized carbons (Fsp3) is 0.0870. The zero-order chi connectivity index (χ0) is 20.8. The van der Waals surface area contributed by atoms with E-state index in [4.69, 9.17) is 15.2 Å². The molecule has 4 rings (SSSR count). The lowest BCUT2D eigenvalue weighted by Gasteiger charge is -2.24. The molecule has 7 heteroatoms. The summed E-state index contributed by atoms with van der Waals surface area (Å²) in [5, 5.41) is 0. The van der Waals surface area contributed by atoms with Crippen molar-refractivity contribution in [1.82, 2.24) is 15.0 Å². The van der Waals surface area contributed by atoms with Crippen LogP contribution in [-0.2, 0) is 6.54 Å². The maximum Gasteiger partial charge on any atom is 0.248 e. The Morgan fingerprint density at radius 2 is 1.57 bits per heavy atom. The number of nitrogens with zero attached hydrogens (tertiary/aromatic N) is 4. The molecule has 7 nitrogen and oxygen atoms in total. The molecule has 0 aliphatic heterocycles. The van der Waals surface area contributed by atoms with Crippen LogP contribution in [0.15, 0.2) is 85.3 Å². The number of rotatable bonds is 7. The first-order valence-electron chi connectivity index (χ1n) is 9.40. The van der Waals surface area contributed by atoms with Gasteiger partial charge >= 0.3 is 0 Å². The Morgan fingerprint density at radius 3 is 2.30 bits per heavy atom. The molecule has 4 aromatic rings. The van der Waals surface area contributed by atoms with E-state index in [-0.39, 0.29) is 5.88 Å². The van der Waals surface area contributed by atoms with Gasteiger partial charge in [-0.2, -0.15) is 4.98 Å². The summed E-state index contributed by atoms with van der Waals surface area (Å²) >= 11 is 0. The predicted molar refractivity (Wildman–Crippen MR) is 116 cm³/mol. The molecule has 0 aliphatic carbocycles. The van der Waals surface area contributed by atoms with E-state index in [9.17, 15) is 0 Å². The number of hydrogen-bond donors (Lipinski definition) is 1. The van der Waals surface area contributed by atoms with Crippen molar-refractivity contribution in [2.45, 2.75) is 6.54 Å². The van der Waals surface area contributed by atoms with Crippen molar-refractivity contribution in [3.05, 3.63) is 90.9 Å². The molecule has 0 saturated carbocycles. The number of para-hydroxylation sites is 2. The Labute approximate surface area is 174 Å². The molecule has 0 unspecified atom stereocenters. The maximum absolute atomic E-state index is 6.45. The van der Waals surface area contributed by atoms with Crippen LogP contribution in [0.4, 0.5) is 17.3 Å². The Kier molecular flexibility index (Phi) is 5.70. The van der Waals surface area contributed by atoms with Gasteiger partial charge in [0.2, 0.25) is 5.88 Å². The number of nitrogen functional groups attached to an aromatic ring is 1. The van der Waals surface area contributed by atoms with Gasteiger partial charge in [0.25, 0.3) is 0 Å². The van der Waals surface area contributed by atoms with Crippen LogP contribution in [0.25, 0.3) is 0 Å². The molecule has 2 aromatic heterocycles. The molecular weight excluding hydrogens is 378 g/mol. The van der Waals surface area contributed by atoms with E-state index in [1.165, 1.54) is 6.33 Å². The molecule has 0 fully saturated rings. The van der Waals surface area contributed by atoms with Crippen molar-refractivity contribution in [2.75, 3.05) is 17.7 Å². The number of aromatic nitrogens is 3. The van der Waals surface area contributed by atoms with E-state index in [0.717, 1.165) is 11.4 Å². The first kappa shape index (κ1) is 19.2. The molecule has 2 heterocycles. The van der Waals surface area contributed by atoms with Gasteiger partial charge in [-0.25, -0.2) is 9.97 Å². The van der Waals surface area contributed by atoms with E-state index < -0.39 is 0 Å². The van der Waals surface area contributed by atoms with Crippen LogP contribution in [0, 0.1) is 0 Å². The summed E-state index contributed by atoms with van der Waals surface area (Å²) in [5.41, 5.74) is 7.86. The van der Waals surface area contributed by atoms with Crippen molar-refractivity contribution in [2.24, 2.45) is 0 Å². The molecule has 2 N–H and O–H groups in total. The zero-order valence-corrected chi connectivity index (χ0v) is 16.5. The second-order valence-electron chi connectivity index (χ2n) is 6.43. The Morgan fingerprint density at radius 1 is 0.833 bits per heavy atom. The number of hydrogen-bond acceptors (Lipinski definition) is 7. The minimum atomic E-state index is 0.249. The lowest BCUT2D eigenvalue weighted by Crippen LogP contribution is -2.20. The van der Waals surface area contributed by atoms with Crippen LogP contribution < -0.4 is 20.1 Å². The van der Waals surface area contributed by atoms with E-state index in [1.54, 1.807) is 19.4 Å². The first-order chi connectivity index (χ1) is 14.8. The molecule has 30 heavy (non-hydrogen) atoms. The molecule has 0 radical (unpaired) electrons. The molecule has 0 atom stereocenters. The third kappa shape index (κ3) is 4.15.